The van der Waals surface area contributed by atoms with Crippen LogP contribution < -0.4 is 5.73 Å². The van der Waals surface area contributed by atoms with Crippen molar-refractivity contribution in [3.8, 4) is 0 Å². The molecule has 0 aromatic heterocycles. The first-order chi connectivity index (χ1) is 8.22. The molecular formula is C14H21NOS. The van der Waals surface area contributed by atoms with Gasteiger partial charge in [0.1, 0.15) is 0 Å². The first kappa shape index (κ1) is 12.6. The van der Waals surface area contributed by atoms with Crippen LogP contribution in [-0.2, 0) is 10.8 Å². The highest BCUT2D eigenvalue weighted by molar-refractivity contribution is 7.85. The second kappa shape index (κ2) is 5.67. The van der Waals surface area contributed by atoms with E-state index in [1.165, 1.54) is 19.3 Å². The Balaban J connectivity index is 2.18. The Labute approximate surface area is 106 Å². The molecule has 17 heavy (non-hydrogen) atoms. The molecule has 1 aromatic rings. The van der Waals surface area contributed by atoms with Gasteiger partial charge in [-0.3, -0.25) is 4.21 Å². The predicted molar refractivity (Wildman–Crippen MR) is 73.3 cm³/mol. The normalized spacial score (nSPS) is 26.6. The lowest BCUT2D eigenvalue weighted by molar-refractivity contribution is 0.355. The second-order valence-corrected chi connectivity index (χ2v) is 6.53. The lowest BCUT2D eigenvalue weighted by atomic mass is 9.87. The molecule has 0 saturated heterocycles. The Morgan fingerprint density at radius 2 is 2.12 bits per heavy atom. The third kappa shape index (κ3) is 2.89. The van der Waals surface area contributed by atoms with E-state index in [0.29, 0.717) is 16.9 Å². The van der Waals surface area contributed by atoms with Crippen molar-refractivity contribution >= 4 is 16.5 Å². The van der Waals surface area contributed by atoms with E-state index in [1.807, 2.05) is 24.3 Å². The molecule has 3 unspecified atom stereocenters. The molecule has 0 spiro atoms. The van der Waals surface area contributed by atoms with E-state index >= 15 is 0 Å². The minimum Gasteiger partial charge on any atom is -0.399 e. The first-order valence-electron chi connectivity index (χ1n) is 6.48. The van der Waals surface area contributed by atoms with E-state index in [-0.39, 0.29) is 0 Å². The standard InChI is InChI=1S/C14H21NOS/c1-2-11-6-3-4-9-14(11)17(16)13-8-5-7-12(15)10-13/h5,7-8,10-11,14H,2-4,6,9,15H2,1H3. The monoisotopic (exact) mass is 251 g/mol. The third-order valence-electron chi connectivity index (χ3n) is 3.73. The number of hydrogen-bond acceptors (Lipinski definition) is 2. The third-order valence-corrected chi connectivity index (χ3v) is 5.62. The van der Waals surface area contributed by atoms with Gasteiger partial charge in [-0.05, 0) is 37.0 Å². The summed E-state index contributed by atoms with van der Waals surface area (Å²) in [7, 11) is -0.890. The molecule has 0 heterocycles. The van der Waals surface area contributed by atoms with Gasteiger partial charge in [0.2, 0.25) is 0 Å². The molecule has 0 amide bonds. The average molecular weight is 251 g/mol. The van der Waals surface area contributed by atoms with Crippen LogP contribution in [0.5, 0.6) is 0 Å². The van der Waals surface area contributed by atoms with Crippen molar-refractivity contribution < 1.29 is 4.21 Å². The molecule has 1 aliphatic carbocycles. The van der Waals surface area contributed by atoms with Crippen molar-refractivity contribution in [3.63, 3.8) is 0 Å². The van der Waals surface area contributed by atoms with Crippen LogP contribution in [0.25, 0.3) is 0 Å². The number of benzene rings is 1. The van der Waals surface area contributed by atoms with Gasteiger partial charge >= 0.3 is 0 Å². The fourth-order valence-electron chi connectivity index (χ4n) is 2.74. The summed E-state index contributed by atoms with van der Waals surface area (Å²) in [5, 5.41) is 0.329. The molecule has 0 aliphatic heterocycles. The molecule has 0 bridgehead atoms. The molecule has 1 fully saturated rings. The second-order valence-electron chi connectivity index (χ2n) is 4.86. The minimum atomic E-state index is -0.890. The van der Waals surface area contributed by atoms with Gasteiger partial charge in [0.25, 0.3) is 0 Å². The van der Waals surface area contributed by atoms with Crippen LogP contribution in [-0.4, -0.2) is 9.46 Å². The van der Waals surface area contributed by atoms with Crippen LogP contribution in [0.15, 0.2) is 29.2 Å². The Morgan fingerprint density at radius 3 is 2.82 bits per heavy atom. The van der Waals surface area contributed by atoms with E-state index in [1.54, 1.807) is 0 Å². The van der Waals surface area contributed by atoms with Gasteiger partial charge in [-0.15, -0.1) is 0 Å². The van der Waals surface area contributed by atoms with Gasteiger partial charge in [-0.2, -0.15) is 0 Å². The van der Waals surface area contributed by atoms with Crippen LogP contribution >= 0.6 is 0 Å². The first-order valence-corrected chi connectivity index (χ1v) is 7.69. The Kier molecular flexibility index (Phi) is 4.21. The topological polar surface area (TPSA) is 43.1 Å². The van der Waals surface area contributed by atoms with Crippen molar-refractivity contribution in [3.05, 3.63) is 24.3 Å². The fraction of sp³-hybridized carbons (Fsp3) is 0.571. The number of rotatable bonds is 3. The number of anilines is 1. The summed E-state index contributed by atoms with van der Waals surface area (Å²) in [5.41, 5.74) is 6.47. The molecule has 2 N–H and O–H groups in total. The summed E-state index contributed by atoms with van der Waals surface area (Å²) in [5.74, 6) is 0.617. The molecule has 0 radical (unpaired) electrons. The Hall–Kier alpha value is -0.830. The molecule has 3 atom stereocenters. The minimum absolute atomic E-state index is 0.329. The summed E-state index contributed by atoms with van der Waals surface area (Å²) < 4.78 is 12.6. The van der Waals surface area contributed by atoms with E-state index in [4.69, 9.17) is 5.73 Å². The molecule has 2 nitrogen and oxygen atoms in total. The van der Waals surface area contributed by atoms with E-state index in [9.17, 15) is 4.21 Å². The number of hydrogen-bond donors (Lipinski definition) is 1. The maximum atomic E-state index is 12.6. The molecule has 1 aromatic carbocycles. The van der Waals surface area contributed by atoms with Crippen molar-refractivity contribution in [1.82, 2.24) is 0 Å². The zero-order valence-corrected chi connectivity index (χ0v) is 11.2. The van der Waals surface area contributed by atoms with Gasteiger partial charge in [-0.1, -0.05) is 32.3 Å². The zero-order valence-electron chi connectivity index (χ0n) is 10.4. The predicted octanol–water partition coefficient (Wildman–Crippen LogP) is 3.35. The van der Waals surface area contributed by atoms with Crippen LogP contribution in [0.4, 0.5) is 5.69 Å². The van der Waals surface area contributed by atoms with Crippen molar-refractivity contribution in [1.29, 1.82) is 0 Å². The van der Waals surface area contributed by atoms with Gasteiger partial charge in [0, 0.05) is 15.8 Å². The van der Waals surface area contributed by atoms with E-state index in [2.05, 4.69) is 6.92 Å². The lowest BCUT2D eigenvalue weighted by Gasteiger charge is -2.30. The maximum Gasteiger partial charge on any atom is 0.0564 e. The van der Waals surface area contributed by atoms with Crippen LogP contribution in [0.2, 0.25) is 0 Å². The molecular weight excluding hydrogens is 230 g/mol. The largest absolute Gasteiger partial charge is 0.399 e. The molecule has 94 valence electrons. The van der Waals surface area contributed by atoms with Crippen LogP contribution in [0.3, 0.4) is 0 Å². The van der Waals surface area contributed by atoms with Gasteiger partial charge in [-0.25, -0.2) is 0 Å². The highest BCUT2D eigenvalue weighted by atomic mass is 32.2. The smallest absolute Gasteiger partial charge is 0.0564 e. The molecule has 2 rings (SSSR count). The Bertz CT molecular complexity index is 405. The molecule has 1 aliphatic rings. The zero-order chi connectivity index (χ0) is 12.3. The van der Waals surface area contributed by atoms with Gasteiger partial charge in [0.05, 0.1) is 10.8 Å². The number of nitrogens with two attached hydrogens (primary N) is 1. The van der Waals surface area contributed by atoms with Crippen LogP contribution in [0, 0.1) is 5.92 Å². The summed E-state index contributed by atoms with van der Waals surface area (Å²) >= 11 is 0. The van der Waals surface area contributed by atoms with Gasteiger partial charge in [0.15, 0.2) is 0 Å². The fourth-order valence-corrected chi connectivity index (χ4v) is 4.61. The number of nitrogen functional groups attached to an aromatic ring is 1. The summed E-state index contributed by atoms with van der Waals surface area (Å²) in [6, 6.07) is 7.54. The average Bonchev–Trinajstić information content (AvgIpc) is 2.38. The molecule has 1 saturated carbocycles. The van der Waals surface area contributed by atoms with E-state index in [0.717, 1.165) is 17.7 Å². The Morgan fingerprint density at radius 1 is 1.35 bits per heavy atom. The highest BCUT2D eigenvalue weighted by Gasteiger charge is 2.29. The lowest BCUT2D eigenvalue weighted by Crippen LogP contribution is -2.28. The highest BCUT2D eigenvalue weighted by Crippen LogP contribution is 2.33. The summed E-state index contributed by atoms with van der Waals surface area (Å²) in [6.07, 6.45) is 5.98. The SMILES string of the molecule is CCC1CCCCC1S(=O)c1cccc(N)c1. The maximum absolute atomic E-state index is 12.6. The van der Waals surface area contributed by atoms with Gasteiger partial charge < -0.3 is 5.73 Å². The van der Waals surface area contributed by atoms with E-state index < -0.39 is 10.8 Å². The summed E-state index contributed by atoms with van der Waals surface area (Å²) in [6.45, 7) is 2.21. The van der Waals surface area contributed by atoms with Crippen LogP contribution in [0.1, 0.15) is 39.0 Å². The van der Waals surface area contributed by atoms with Crippen molar-refractivity contribution in [2.45, 2.75) is 49.2 Å². The summed E-state index contributed by atoms with van der Waals surface area (Å²) in [4.78, 5) is 0.898. The quantitative estimate of drug-likeness (QED) is 0.837. The molecule has 3 heteroatoms. The van der Waals surface area contributed by atoms with Crippen molar-refractivity contribution in [2.24, 2.45) is 5.92 Å². The van der Waals surface area contributed by atoms with Crippen molar-refractivity contribution in [2.75, 3.05) is 5.73 Å².